The molecule has 2 nitrogen and oxygen atoms in total. The van der Waals surface area contributed by atoms with E-state index in [1.54, 1.807) is 0 Å². The Hall–Kier alpha value is -0.0800. The van der Waals surface area contributed by atoms with Crippen molar-refractivity contribution in [2.45, 2.75) is 46.0 Å². The zero-order chi connectivity index (χ0) is 10.9. The molecule has 15 heavy (non-hydrogen) atoms. The Bertz CT molecular complexity index is 147. The van der Waals surface area contributed by atoms with Crippen molar-refractivity contribution in [2.75, 3.05) is 32.7 Å². The van der Waals surface area contributed by atoms with Crippen molar-refractivity contribution >= 4 is 0 Å². The summed E-state index contributed by atoms with van der Waals surface area (Å²) >= 11 is 0. The molecule has 90 valence electrons. The number of nitrogens with one attached hydrogen (secondary N) is 1. The first-order valence-corrected chi connectivity index (χ1v) is 6.76. The van der Waals surface area contributed by atoms with Gasteiger partial charge in [-0.2, -0.15) is 0 Å². The van der Waals surface area contributed by atoms with Gasteiger partial charge >= 0.3 is 0 Å². The number of likely N-dealkylation sites (tertiary alicyclic amines) is 1. The molecule has 1 rings (SSSR count). The number of nitrogens with zero attached hydrogens (tertiary/aromatic N) is 1. The number of hydrogen-bond donors (Lipinski definition) is 1. The van der Waals surface area contributed by atoms with Gasteiger partial charge in [-0.15, -0.1) is 0 Å². The first-order valence-electron chi connectivity index (χ1n) is 6.76. The van der Waals surface area contributed by atoms with Gasteiger partial charge in [0.25, 0.3) is 0 Å². The average molecular weight is 212 g/mol. The fourth-order valence-electron chi connectivity index (χ4n) is 2.28. The topological polar surface area (TPSA) is 15.3 Å². The molecule has 0 aromatic carbocycles. The van der Waals surface area contributed by atoms with Crippen molar-refractivity contribution in [1.82, 2.24) is 10.2 Å². The van der Waals surface area contributed by atoms with E-state index in [1.807, 2.05) is 0 Å². The van der Waals surface area contributed by atoms with E-state index in [4.69, 9.17) is 0 Å². The maximum Gasteiger partial charge on any atom is -0.000664 e. The second-order valence-electron chi connectivity index (χ2n) is 4.98. The van der Waals surface area contributed by atoms with Crippen LogP contribution in [0.2, 0.25) is 0 Å². The van der Waals surface area contributed by atoms with Crippen molar-refractivity contribution < 1.29 is 0 Å². The first kappa shape index (κ1) is 13.0. The third kappa shape index (κ3) is 6.16. The second kappa shape index (κ2) is 8.12. The van der Waals surface area contributed by atoms with E-state index in [9.17, 15) is 0 Å². The first-order chi connectivity index (χ1) is 7.33. The van der Waals surface area contributed by atoms with Crippen molar-refractivity contribution in [1.29, 1.82) is 0 Å². The predicted octanol–water partition coefficient (Wildman–Crippen LogP) is 2.50. The van der Waals surface area contributed by atoms with Crippen LogP contribution in [-0.4, -0.2) is 37.6 Å². The minimum atomic E-state index is 0.952. The van der Waals surface area contributed by atoms with E-state index >= 15 is 0 Å². The van der Waals surface area contributed by atoms with E-state index in [1.165, 1.54) is 64.8 Å². The summed E-state index contributed by atoms with van der Waals surface area (Å²) in [6.45, 7) is 10.9. The highest BCUT2D eigenvalue weighted by Crippen LogP contribution is 2.16. The van der Waals surface area contributed by atoms with Gasteiger partial charge in [-0.3, -0.25) is 0 Å². The Labute approximate surface area is 95.4 Å². The Balaban J connectivity index is 2.00. The molecule has 0 spiro atoms. The Kier molecular flexibility index (Phi) is 7.03. The van der Waals surface area contributed by atoms with Gasteiger partial charge in [-0.05, 0) is 70.7 Å². The highest BCUT2D eigenvalue weighted by atomic mass is 15.1. The Morgan fingerprint density at radius 3 is 2.87 bits per heavy atom. The van der Waals surface area contributed by atoms with Crippen LogP contribution in [0.3, 0.4) is 0 Å². The second-order valence-corrected chi connectivity index (χ2v) is 4.98. The summed E-state index contributed by atoms with van der Waals surface area (Å²) in [5, 5.41) is 3.47. The van der Waals surface area contributed by atoms with E-state index < -0.39 is 0 Å². The van der Waals surface area contributed by atoms with Crippen LogP contribution in [0, 0.1) is 5.92 Å². The highest BCUT2D eigenvalue weighted by molar-refractivity contribution is 4.67. The molecule has 1 fully saturated rings. The van der Waals surface area contributed by atoms with Gasteiger partial charge in [-0.1, -0.05) is 13.8 Å². The molecule has 0 aliphatic carbocycles. The molecule has 1 aliphatic rings. The van der Waals surface area contributed by atoms with Crippen molar-refractivity contribution in [2.24, 2.45) is 5.92 Å². The summed E-state index contributed by atoms with van der Waals surface area (Å²) in [6.07, 6.45) is 6.81. The number of rotatable bonds is 6. The lowest BCUT2D eigenvalue weighted by molar-refractivity contribution is 0.277. The maximum atomic E-state index is 3.47. The van der Waals surface area contributed by atoms with Gasteiger partial charge in [0.05, 0.1) is 0 Å². The minimum absolute atomic E-state index is 0.952. The zero-order valence-electron chi connectivity index (χ0n) is 10.6. The fourth-order valence-corrected chi connectivity index (χ4v) is 2.28. The van der Waals surface area contributed by atoms with Gasteiger partial charge in [0, 0.05) is 0 Å². The molecule has 1 unspecified atom stereocenters. The van der Waals surface area contributed by atoms with E-state index in [0.29, 0.717) is 0 Å². The lowest BCUT2D eigenvalue weighted by Crippen LogP contribution is -2.28. The maximum absolute atomic E-state index is 3.47. The molecule has 1 heterocycles. The van der Waals surface area contributed by atoms with E-state index in [-0.39, 0.29) is 0 Å². The molecule has 2 heteroatoms. The average Bonchev–Trinajstić information content (AvgIpc) is 2.43. The minimum Gasteiger partial charge on any atom is -0.317 e. The van der Waals surface area contributed by atoms with Crippen LogP contribution in [-0.2, 0) is 0 Å². The lowest BCUT2D eigenvalue weighted by atomic mass is 10.0. The smallest absolute Gasteiger partial charge is 0.000664 e. The summed E-state index contributed by atoms with van der Waals surface area (Å²) in [4.78, 5) is 2.65. The Morgan fingerprint density at radius 2 is 2.07 bits per heavy atom. The normalized spacial score (nSPS) is 24.0. The molecule has 1 saturated heterocycles. The molecule has 1 atom stereocenters. The van der Waals surface area contributed by atoms with Crippen molar-refractivity contribution in [3.8, 4) is 0 Å². The van der Waals surface area contributed by atoms with Crippen LogP contribution in [0.5, 0.6) is 0 Å². The molecule has 0 aromatic rings. The van der Waals surface area contributed by atoms with Gasteiger partial charge in [0.1, 0.15) is 0 Å². The molecular formula is C13H28N2. The van der Waals surface area contributed by atoms with Crippen LogP contribution >= 0.6 is 0 Å². The molecule has 0 aromatic heterocycles. The third-order valence-corrected chi connectivity index (χ3v) is 3.36. The summed E-state index contributed by atoms with van der Waals surface area (Å²) < 4.78 is 0. The van der Waals surface area contributed by atoms with Crippen LogP contribution < -0.4 is 5.32 Å². The van der Waals surface area contributed by atoms with Gasteiger partial charge in [-0.25, -0.2) is 0 Å². The molecule has 1 aliphatic heterocycles. The summed E-state index contributed by atoms with van der Waals surface area (Å²) in [7, 11) is 0. The molecule has 0 saturated carbocycles. The van der Waals surface area contributed by atoms with Crippen molar-refractivity contribution in [3.05, 3.63) is 0 Å². The molecule has 0 amide bonds. The van der Waals surface area contributed by atoms with E-state index in [2.05, 4.69) is 24.1 Å². The highest BCUT2D eigenvalue weighted by Gasteiger charge is 2.12. The summed E-state index contributed by atoms with van der Waals surface area (Å²) in [6, 6.07) is 0. The van der Waals surface area contributed by atoms with Crippen LogP contribution in [0.15, 0.2) is 0 Å². The third-order valence-electron chi connectivity index (χ3n) is 3.36. The quantitative estimate of drug-likeness (QED) is 0.681. The van der Waals surface area contributed by atoms with Gasteiger partial charge in [0.2, 0.25) is 0 Å². The van der Waals surface area contributed by atoms with Crippen LogP contribution in [0.4, 0.5) is 0 Å². The van der Waals surface area contributed by atoms with Gasteiger partial charge in [0.15, 0.2) is 0 Å². The molecule has 1 N–H and O–H groups in total. The fraction of sp³-hybridized carbons (Fsp3) is 1.00. The monoisotopic (exact) mass is 212 g/mol. The van der Waals surface area contributed by atoms with Crippen molar-refractivity contribution in [3.63, 3.8) is 0 Å². The number of hydrogen-bond acceptors (Lipinski definition) is 2. The SMILES string of the molecule is CCCNCCCN1CCCC(C)CC1. The summed E-state index contributed by atoms with van der Waals surface area (Å²) in [5.41, 5.74) is 0. The van der Waals surface area contributed by atoms with Gasteiger partial charge < -0.3 is 10.2 Å². The lowest BCUT2D eigenvalue weighted by Gasteiger charge is -2.19. The largest absolute Gasteiger partial charge is 0.317 e. The molecule has 0 bridgehead atoms. The van der Waals surface area contributed by atoms with E-state index in [0.717, 1.165) is 5.92 Å². The van der Waals surface area contributed by atoms with Crippen LogP contribution in [0.25, 0.3) is 0 Å². The predicted molar refractivity (Wildman–Crippen MR) is 67.2 cm³/mol. The zero-order valence-corrected chi connectivity index (χ0v) is 10.6. The molecule has 0 radical (unpaired) electrons. The Morgan fingerprint density at radius 1 is 1.20 bits per heavy atom. The van der Waals surface area contributed by atoms with Crippen LogP contribution in [0.1, 0.15) is 46.0 Å². The molecular weight excluding hydrogens is 184 g/mol. The summed E-state index contributed by atoms with van der Waals surface area (Å²) in [5.74, 6) is 0.952. The standard InChI is InChI=1S/C13H28N2/c1-3-8-14-9-5-11-15-10-4-6-13(2)7-12-15/h13-14H,3-12H2,1-2H3.